The van der Waals surface area contributed by atoms with Crippen LogP contribution in [0.4, 0.5) is 0 Å². The molecule has 9 nitrogen and oxygen atoms in total. The minimum atomic E-state index is -3.52. The topological polar surface area (TPSA) is 125 Å². The largest absolute Gasteiger partial charge is 0.438 e. The number of piperidine rings is 1. The van der Waals surface area contributed by atoms with Crippen molar-refractivity contribution in [3.8, 4) is 0 Å². The van der Waals surface area contributed by atoms with Crippen LogP contribution in [0.3, 0.4) is 0 Å². The van der Waals surface area contributed by atoms with E-state index in [9.17, 15) is 18.3 Å². The van der Waals surface area contributed by atoms with Gasteiger partial charge in [0.1, 0.15) is 17.7 Å². The summed E-state index contributed by atoms with van der Waals surface area (Å²) in [5, 5.41) is 16.7. The van der Waals surface area contributed by atoms with Crippen molar-refractivity contribution in [1.29, 1.82) is 0 Å². The van der Waals surface area contributed by atoms with Gasteiger partial charge in [-0.2, -0.15) is 0 Å². The average molecular weight is 543 g/mol. The van der Waals surface area contributed by atoms with Gasteiger partial charge in [0.05, 0.1) is 11.5 Å². The van der Waals surface area contributed by atoms with Crippen molar-refractivity contribution in [3.63, 3.8) is 0 Å². The summed E-state index contributed by atoms with van der Waals surface area (Å²) in [5.74, 6) is -0.305. The molecule has 1 aliphatic heterocycles. The second kappa shape index (κ2) is 13.3. The number of carbonyl (C=O) groups is 1. The number of para-hydroxylation sites is 2. The number of likely N-dealkylation sites (N-methyl/N-ethyl adjacent to an activating group) is 1. The number of amides is 1. The van der Waals surface area contributed by atoms with Crippen molar-refractivity contribution in [1.82, 2.24) is 20.5 Å². The molecular weight excluding hydrogens is 504 g/mol. The fraction of sp³-hybridized carbons (Fsp3) is 0.500. The standard InChI is InChI=1S/C28H38N4O5S/c1-32(22-14-17-29-18-15-22)24(20-38(35,36)19-21-9-3-2-4-10-21)27(34)30-16-8-7-12-25(33)28-31-23-11-5-6-13-26(23)37-28/h2-6,9-11,13,22,24-25,29,33H,7-8,12,14-20H2,1H3,(H,30,34)/t24-,25?/m0/s1. The predicted octanol–water partition coefficient (Wildman–Crippen LogP) is 2.82. The third-order valence-corrected chi connectivity index (χ3v) is 8.72. The third-order valence-electron chi connectivity index (χ3n) is 7.12. The van der Waals surface area contributed by atoms with Gasteiger partial charge in [0, 0.05) is 12.6 Å². The minimum absolute atomic E-state index is 0.0919. The first-order valence-corrected chi connectivity index (χ1v) is 15.1. The summed E-state index contributed by atoms with van der Waals surface area (Å²) in [5.41, 5.74) is 2.06. The van der Waals surface area contributed by atoms with Gasteiger partial charge in [-0.1, -0.05) is 42.5 Å². The van der Waals surface area contributed by atoms with E-state index in [1.165, 1.54) is 0 Å². The lowest BCUT2D eigenvalue weighted by Gasteiger charge is -2.36. The van der Waals surface area contributed by atoms with Crippen molar-refractivity contribution >= 4 is 26.8 Å². The molecule has 0 saturated carbocycles. The molecule has 0 bridgehead atoms. The maximum absolute atomic E-state index is 13.3. The molecule has 1 saturated heterocycles. The maximum Gasteiger partial charge on any atom is 0.238 e. The highest BCUT2D eigenvalue weighted by molar-refractivity contribution is 7.90. The van der Waals surface area contributed by atoms with Gasteiger partial charge in [-0.05, 0) is 69.9 Å². The van der Waals surface area contributed by atoms with E-state index in [4.69, 9.17) is 4.42 Å². The molecule has 3 aromatic rings. The number of aliphatic hydroxyl groups is 1. The van der Waals surface area contributed by atoms with Crippen LogP contribution in [-0.4, -0.2) is 73.8 Å². The first kappa shape index (κ1) is 28.2. The Morgan fingerprint density at radius 1 is 1.13 bits per heavy atom. The molecule has 1 aliphatic rings. The van der Waals surface area contributed by atoms with E-state index < -0.39 is 22.0 Å². The highest BCUT2D eigenvalue weighted by Gasteiger charge is 2.33. The van der Waals surface area contributed by atoms with Gasteiger partial charge in [-0.3, -0.25) is 9.69 Å². The fourth-order valence-electron chi connectivity index (χ4n) is 4.92. The quantitative estimate of drug-likeness (QED) is 0.282. The van der Waals surface area contributed by atoms with Crippen molar-refractivity contribution in [2.45, 2.75) is 56.0 Å². The average Bonchev–Trinajstić information content (AvgIpc) is 3.36. The Hall–Kier alpha value is -2.79. The Labute approximate surface area is 224 Å². The van der Waals surface area contributed by atoms with Crippen LogP contribution >= 0.6 is 0 Å². The summed E-state index contributed by atoms with van der Waals surface area (Å²) in [6.07, 6.45) is 2.66. The van der Waals surface area contributed by atoms with Crippen LogP contribution in [0, 0.1) is 0 Å². The Kier molecular flexibility index (Phi) is 9.90. The summed E-state index contributed by atoms with van der Waals surface area (Å²) in [6.45, 7) is 2.10. The van der Waals surface area contributed by atoms with Gasteiger partial charge >= 0.3 is 0 Å². The minimum Gasteiger partial charge on any atom is -0.438 e. The van der Waals surface area contributed by atoms with E-state index in [0.29, 0.717) is 48.4 Å². The molecule has 2 heterocycles. The van der Waals surface area contributed by atoms with E-state index >= 15 is 0 Å². The van der Waals surface area contributed by atoms with Crippen molar-refractivity contribution in [3.05, 3.63) is 66.1 Å². The summed E-state index contributed by atoms with van der Waals surface area (Å²) in [4.78, 5) is 19.5. The molecule has 1 aromatic heterocycles. The second-order valence-corrected chi connectivity index (χ2v) is 12.1. The van der Waals surface area contributed by atoms with Gasteiger partial charge in [0.2, 0.25) is 11.8 Å². The number of sulfone groups is 1. The number of aliphatic hydroxyl groups excluding tert-OH is 1. The zero-order valence-electron chi connectivity index (χ0n) is 21.9. The Bertz CT molecular complexity index is 1240. The number of hydrogen-bond acceptors (Lipinski definition) is 8. The van der Waals surface area contributed by atoms with Crippen molar-refractivity contribution in [2.24, 2.45) is 0 Å². The first-order chi connectivity index (χ1) is 18.3. The van der Waals surface area contributed by atoms with Crippen LogP contribution in [0.5, 0.6) is 0 Å². The number of oxazole rings is 1. The summed E-state index contributed by atoms with van der Waals surface area (Å²) in [6, 6.07) is 15.8. The zero-order chi connectivity index (χ0) is 27.0. The van der Waals surface area contributed by atoms with E-state index in [0.717, 1.165) is 25.9 Å². The van der Waals surface area contributed by atoms with E-state index in [-0.39, 0.29) is 23.5 Å². The zero-order valence-corrected chi connectivity index (χ0v) is 22.7. The molecule has 206 valence electrons. The monoisotopic (exact) mass is 542 g/mol. The number of unbranched alkanes of at least 4 members (excludes halogenated alkanes) is 1. The first-order valence-electron chi connectivity index (χ1n) is 13.3. The fourth-order valence-corrected chi connectivity index (χ4v) is 6.61. The van der Waals surface area contributed by atoms with Crippen LogP contribution in [0.1, 0.15) is 49.7 Å². The third kappa shape index (κ3) is 7.86. The molecule has 10 heteroatoms. The molecular formula is C28H38N4O5S. The molecule has 1 unspecified atom stereocenters. The number of aromatic nitrogens is 1. The molecule has 1 amide bonds. The van der Waals surface area contributed by atoms with E-state index in [1.54, 1.807) is 12.1 Å². The van der Waals surface area contributed by atoms with Crippen LogP contribution in [0.15, 0.2) is 59.0 Å². The van der Waals surface area contributed by atoms with Crippen molar-refractivity contribution in [2.75, 3.05) is 32.4 Å². The Morgan fingerprint density at radius 3 is 2.58 bits per heavy atom. The number of carbonyl (C=O) groups excluding carboxylic acids is 1. The molecule has 3 N–H and O–H groups in total. The van der Waals surface area contributed by atoms with Crippen LogP contribution in [-0.2, 0) is 20.4 Å². The smallest absolute Gasteiger partial charge is 0.238 e. The summed E-state index contributed by atoms with van der Waals surface area (Å²) >= 11 is 0. The molecule has 38 heavy (non-hydrogen) atoms. The van der Waals surface area contributed by atoms with Crippen molar-refractivity contribution < 1.29 is 22.7 Å². The van der Waals surface area contributed by atoms with E-state index in [1.807, 2.05) is 54.4 Å². The predicted molar refractivity (Wildman–Crippen MR) is 147 cm³/mol. The molecule has 0 spiro atoms. The highest BCUT2D eigenvalue weighted by atomic mass is 32.2. The summed E-state index contributed by atoms with van der Waals surface area (Å²) < 4.78 is 31.8. The SMILES string of the molecule is CN(C1CCNCC1)[C@@H](CS(=O)(=O)Cc1ccccc1)C(=O)NCCCCC(O)c1nc2ccccc2o1. The normalized spacial score (nSPS) is 16.5. The van der Waals surface area contributed by atoms with Gasteiger partial charge in [-0.15, -0.1) is 0 Å². The Balaban J connectivity index is 1.30. The lowest BCUT2D eigenvalue weighted by Crippen LogP contribution is -2.54. The maximum atomic E-state index is 13.3. The molecule has 4 rings (SSSR count). The van der Waals surface area contributed by atoms with Crippen LogP contribution in [0.25, 0.3) is 11.1 Å². The molecule has 2 atom stereocenters. The van der Waals surface area contributed by atoms with Gasteiger partial charge in [0.25, 0.3) is 0 Å². The van der Waals surface area contributed by atoms with E-state index in [2.05, 4.69) is 15.6 Å². The number of hydrogen-bond donors (Lipinski definition) is 3. The van der Waals surface area contributed by atoms with Crippen LogP contribution < -0.4 is 10.6 Å². The molecule has 1 fully saturated rings. The van der Waals surface area contributed by atoms with Gasteiger partial charge < -0.3 is 20.2 Å². The molecule has 0 aliphatic carbocycles. The van der Waals surface area contributed by atoms with Gasteiger partial charge in [-0.25, -0.2) is 13.4 Å². The highest BCUT2D eigenvalue weighted by Crippen LogP contribution is 2.23. The number of nitrogens with one attached hydrogen (secondary N) is 2. The van der Waals surface area contributed by atoms with Gasteiger partial charge in [0.15, 0.2) is 15.4 Å². The summed E-state index contributed by atoms with van der Waals surface area (Å²) in [7, 11) is -1.66. The Morgan fingerprint density at radius 2 is 1.84 bits per heavy atom. The lowest BCUT2D eigenvalue weighted by atomic mass is 10.0. The number of fused-ring (bicyclic) bond motifs is 1. The number of benzene rings is 2. The molecule has 0 radical (unpaired) electrons. The van der Waals surface area contributed by atoms with Crippen LogP contribution in [0.2, 0.25) is 0 Å². The second-order valence-electron chi connectivity index (χ2n) is 10.0. The molecule has 2 aromatic carbocycles. The number of rotatable bonds is 13. The number of nitrogens with zero attached hydrogens (tertiary/aromatic N) is 2. The lowest BCUT2D eigenvalue weighted by molar-refractivity contribution is -0.126.